The van der Waals surface area contributed by atoms with Crippen molar-refractivity contribution in [2.45, 2.75) is 78.1 Å². The number of nitrogens with two attached hydrogens (primary N) is 1. The minimum Gasteiger partial charge on any atom is -0.382 e. The lowest BCUT2D eigenvalue weighted by molar-refractivity contribution is -0.134. The minimum atomic E-state index is -0.458. The lowest BCUT2D eigenvalue weighted by atomic mass is 9.87. The van der Waals surface area contributed by atoms with Crippen molar-refractivity contribution in [1.82, 2.24) is 19.5 Å². The Bertz CT molecular complexity index is 842. The molecular weight excluding hydrogens is 386 g/mol. The Labute approximate surface area is 178 Å². The van der Waals surface area contributed by atoms with Crippen molar-refractivity contribution < 1.29 is 18.9 Å². The zero-order chi connectivity index (χ0) is 22.1. The minimum absolute atomic E-state index is 0.0553. The molecule has 30 heavy (non-hydrogen) atoms. The molecule has 4 atom stereocenters. The lowest BCUT2D eigenvalue weighted by Gasteiger charge is -2.33. The number of methoxy groups -OCH3 is 1. The van der Waals surface area contributed by atoms with E-state index in [-0.39, 0.29) is 29.3 Å². The molecule has 1 aliphatic heterocycles. The highest BCUT2D eigenvalue weighted by Crippen LogP contribution is 2.41. The van der Waals surface area contributed by atoms with Gasteiger partial charge in [-0.1, -0.05) is 20.8 Å². The van der Waals surface area contributed by atoms with E-state index in [1.54, 1.807) is 13.4 Å². The van der Waals surface area contributed by atoms with E-state index in [2.05, 4.69) is 35.7 Å². The van der Waals surface area contributed by atoms with Crippen LogP contribution >= 0.6 is 0 Å². The number of nitrogens with zero attached hydrogens (tertiary/aromatic N) is 4. The predicted molar refractivity (Wildman–Crippen MR) is 114 cm³/mol. The van der Waals surface area contributed by atoms with Crippen LogP contribution in [0.2, 0.25) is 0 Å². The molecule has 0 saturated carbocycles. The SMILES string of the molecule is COCCOC1[C@@H](OC(C)(C)C)[C@@H](CC(C)(C)C)O[C@H]1n1cnc2c(N)ncnc21. The highest BCUT2D eigenvalue weighted by atomic mass is 16.6. The van der Waals surface area contributed by atoms with Gasteiger partial charge in [-0.15, -0.1) is 0 Å². The number of fused-ring (bicyclic) bond motifs is 1. The van der Waals surface area contributed by atoms with Crippen LogP contribution in [0.15, 0.2) is 12.7 Å². The van der Waals surface area contributed by atoms with Crippen molar-refractivity contribution in [2.75, 3.05) is 26.1 Å². The monoisotopic (exact) mass is 421 g/mol. The van der Waals surface area contributed by atoms with Crippen LogP contribution in [0.4, 0.5) is 5.82 Å². The molecule has 0 aliphatic carbocycles. The van der Waals surface area contributed by atoms with Crippen LogP contribution in [-0.2, 0) is 18.9 Å². The van der Waals surface area contributed by atoms with Crippen LogP contribution in [0.3, 0.4) is 0 Å². The molecule has 3 rings (SSSR count). The van der Waals surface area contributed by atoms with Gasteiger partial charge in [0, 0.05) is 7.11 Å². The first-order chi connectivity index (χ1) is 14.0. The summed E-state index contributed by atoms with van der Waals surface area (Å²) < 4.78 is 26.4. The van der Waals surface area contributed by atoms with Crippen LogP contribution in [-0.4, -0.2) is 63.8 Å². The standard InChI is InChI=1S/C21H35N5O4/c1-20(2,3)10-13-15(30-21(4,5)6)16(28-9-8-27-7)19(29-13)26-12-25-14-17(22)23-11-24-18(14)26/h11-13,15-16,19H,8-10H2,1-7H3,(H2,22,23,24)/t13-,15+,16?,19-/m1/s1. The zero-order valence-corrected chi connectivity index (χ0v) is 19.1. The Balaban J connectivity index is 2.00. The van der Waals surface area contributed by atoms with Gasteiger partial charge in [0.05, 0.1) is 31.2 Å². The van der Waals surface area contributed by atoms with Crippen molar-refractivity contribution in [1.29, 1.82) is 0 Å². The molecule has 1 aliphatic rings. The number of nitrogen functional groups attached to an aromatic ring is 1. The second-order valence-corrected chi connectivity index (χ2v) is 9.94. The molecule has 168 valence electrons. The molecule has 1 saturated heterocycles. The summed E-state index contributed by atoms with van der Waals surface area (Å²) in [7, 11) is 1.65. The Morgan fingerprint density at radius 2 is 1.80 bits per heavy atom. The molecule has 0 aromatic carbocycles. The highest BCUT2D eigenvalue weighted by Gasteiger charge is 2.50. The van der Waals surface area contributed by atoms with Gasteiger partial charge in [-0.05, 0) is 32.6 Å². The maximum atomic E-state index is 6.56. The maximum absolute atomic E-state index is 6.56. The number of anilines is 1. The van der Waals surface area contributed by atoms with Crippen LogP contribution in [0.5, 0.6) is 0 Å². The molecule has 2 aromatic heterocycles. The second kappa shape index (κ2) is 8.74. The third-order valence-electron chi connectivity index (χ3n) is 4.85. The lowest BCUT2D eigenvalue weighted by Crippen LogP contribution is -2.43. The Hall–Kier alpha value is -1.81. The third kappa shape index (κ3) is 5.26. The van der Waals surface area contributed by atoms with Gasteiger partial charge in [0.15, 0.2) is 17.7 Å². The number of hydrogen-bond donors (Lipinski definition) is 1. The van der Waals surface area contributed by atoms with Crippen molar-refractivity contribution in [3.8, 4) is 0 Å². The molecule has 0 spiro atoms. The van der Waals surface area contributed by atoms with Crippen LogP contribution in [0.25, 0.3) is 11.2 Å². The molecule has 9 nitrogen and oxygen atoms in total. The first kappa shape index (κ1) is 22.9. The number of imidazole rings is 1. The summed E-state index contributed by atoms with van der Waals surface area (Å²) >= 11 is 0. The van der Waals surface area contributed by atoms with Gasteiger partial charge < -0.3 is 24.7 Å². The average molecular weight is 422 g/mol. The normalized spacial score (nSPS) is 25.3. The number of ether oxygens (including phenoxy) is 4. The molecule has 0 amide bonds. The van der Waals surface area contributed by atoms with Gasteiger partial charge in [0.1, 0.15) is 24.1 Å². The summed E-state index contributed by atoms with van der Waals surface area (Å²) in [5.74, 6) is 0.335. The molecule has 3 heterocycles. The largest absolute Gasteiger partial charge is 0.382 e. The maximum Gasteiger partial charge on any atom is 0.167 e. The molecule has 0 radical (unpaired) electrons. The van der Waals surface area contributed by atoms with Gasteiger partial charge in [-0.3, -0.25) is 4.57 Å². The molecule has 1 unspecified atom stereocenters. The topological polar surface area (TPSA) is 107 Å². The van der Waals surface area contributed by atoms with E-state index in [1.807, 2.05) is 25.3 Å². The third-order valence-corrected chi connectivity index (χ3v) is 4.85. The summed E-state index contributed by atoms with van der Waals surface area (Å²) in [6.45, 7) is 13.6. The van der Waals surface area contributed by atoms with Crippen LogP contribution < -0.4 is 5.73 Å². The van der Waals surface area contributed by atoms with Gasteiger partial charge in [0.2, 0.25) is 0 Å². The summed E-state index contributed by atoms with van der Waals surface area (Å²) in [5.41, 5.74) is 6.84. The number of aromatic nitrogens is 4. The zero-order valence-electron chi connectivity index (χ0n) is 19.1. The molecule has 2 aromatic rings. The van der Waals surface area contributed by atoms with E-state index in [0.717, 1.165) is 6.42 Å². The summed E-state index contributed by atoms with van der Waals surface area (Å²) in [6.07, 6.45) is 2.70. The van der Waals surface area contributed by atoms with Gasteiger partial charge in [-0.2, -0.15) is 0 Å². The van der Waals surface area contributed by atoms with E-state index >= 15 is 0 Å². The summed E-state index contributed by atoms with van der Waals surface area (Å²) in [4.78, 5) is 12.8. The smallest absolute Gasteiger partial charge is 0.167 e. The second-order valence-electron chi connectivity index (χ2n) is 9.94. The number of hydrogen-bond acceptors (Lipinski definition) is 8. The average Bonchev–Trinajstić information content (AvgIpc) is 3.16. The molecule has 2 N–H and O–H groups in total. The number of rotatable bonds is 7. The Morgan fingerprint density at radius 1 is 1.07 bits per heavy atom. The van der Waals surface area contributed by atoms with E-state index in [9.17, 15) is 0 Å². The fourth-order valence-electron chi connectivity index (χ4n) is 3.75. The van der Waals surface area contributed by atoms with Crippen molar-refractivity contribution in [3.63, 3.8) is 0 Å². The Morgan fingerprint density at radius 3 is 2.43 bits per heavy atom. The van der Waals surface area contributed by atoms with Gasteiger partial charge >= 0.3 is 0 Å². The fraction of sp³-hybridized carbons (Fsp3) is 0.762. The molecular formula is C21H35N5O4. The molecule has 0 bridgehead atoms. The molecule has 9 heteroatoms. The Kier molecular flexibility index (Phi) is 6.66. The fourth-order valence-corrected chi connectivity index (χ4v) is 3.75. The summed E-state index contributed by atoms with van der Waals surface area (Å²) in [5, 5.41) is 0. The van der Waals surface area contributed by atoms with Gasteiger partial charge in [-0.25, -0.2) is 15.0 Å². The summed E-state index contributed by atoms with van der Waals surface area (Å²) in [6, 6.07) is 0. The first-order valence-corrected chi connectivity index (χ1v) is 10.4. The van der Waals surface area contributed by atoms with Crippen molar-refractivity contribution in [3.05, 3.63) is 12.7 Å². The highest BCUT2D eigenvalue weighted by molar-refractivity contribution is 5.81. The van der Waals surface area contributed by atoms with Crippen molar-refractivity contribution >= 4 is 17.0 Å². The van der Waals surface area contributed by atoms with Gasteiger partial charge in [0.25, 0.3) is 0 Å². The quantitative estimate of drug-likeness (QED) is 0.680. The van der Waals surface area contributed by atoms with Crippen LogP contribution in [0.1, 0.15) is 54.2 Å². The van der Waals surface area contributed by atoms with Crippen molar-refractivity contribution in [2.24, 2.45) is 5.41 Å². The predicted octanol–water partition coefficient (Wildman–Crippen LogP) is 2.96. The van der Waals surface area contributed by atoms with E-state index in [1.165, 1.54) is 6.33 Å². The van der Waals surface area contributed by atoms with Crippen LogP contribution in [0, 0.1) is 5.41 Å². The van der Waals surface area contributed by atoms with E-state index in [4.69, 9.17) is 24.7 Å². The first-order valence-electron chi connectivity index (χ1n) is 10.4. The van der Waals surface area contributed by atoms with E-state index < -0.39 is 6.23 Å². The van der Waals surface area contributed by atoms with E-state index in [0.29, 0.717) is 30.2 Å². The molecule has 1 fully saturated rings.